The number of hydrogen-bond acceptors (Lipinski definition) is 21. The summed E-state index contributed by atoms with van der Waals surface area (Å²) in [6.07, 6.45) is -21.5. The Balaban J connectivity index is 1.16. The summed E-state index contributed by atoms with van der Waals surface area (Å²) in [5.41, 5.74) is 3.31. The minimum absolute atomic E-state index is 0.00835. The van der Waals surface area contributed by atoms with Crippen LogP contribution in [0.15, 0.2) is 212 Å². The molecule has 23 heteroatoms. The number of esters is 5. The fourth-order valence-electron chi connectivity index (χ4n) is 12.0. The molecule has 7 aromatic rings. The van der Waals surface area contributed by atoms with Crippen LogP contribution in [0.25, 0.3) is 0 Å². The maximum Gasteiger partial charge on any atom is 0.410 e. The Hall–Kier alpha value is -9.27. The lowest BCUT2D eigenvalue weighted by atomic mass is 9.92. The number of hydrogen-bond donors (Lipinski definition) is 0. The Bertz CT molecular complexity index is 3890. The highest BCUT2D eigenvalue weighted by Crippen LogP contribution is 2.41. The molecule has 5 unspecified atom stereocenters. The largest absolute Gasteiger partial charge is 0.459 e. The van der Waals surface area contributed by atoms with Crippen LogP contribution < -0.4 is 0 Å². The fraction of sp³-hybridized carbons (Fsp3) is 0.395. The van der Waals surface area contributed by atoms with Crippen molar-refractivity contribution in [1.82, 2.24) is 4.90 Å². The van der Waals surface area contributed by atoms with Gasteiger partial charge in [0.05, 0.1) is 68.2 Å². The van der Waals surface area contributed by atoms with Crippen molar-refractivity contribution in [3.63, 3.8) is 0 Å². The topological polar surface area (TPSA) is 252 Å². The third kappa shape index (κ3) is 21.2. The van der Waals surface area contributed by atoms with Crippen LogP contribution in [0.4, 0.5) is 4.79 Å². The maximum atomic E-state index is 15.5. The van der Waals surface area contributed by atoms with Gasteiger partial charge in [0.25, 0.3) is 0 Å². The van der Waals surface area contributed by atoms with E-state index in [-0.39, 0.29) is 61.9 Å². The number of carbonyl (C=O) groups is 7. The predicted molar refractivity (Wildman–Crippen MR) is 381 cm³/mol. The van der Waals surface area contributed by atoms with E-state index < -0.39 is 155 Å². The van der Waals surface area contributed by atoms with Gasteiger partial charge >= 0.3 is 35.9 Å². The fourth-order valence-corrected chi connectivity index (χ4v) is 13.1. The highest BCUT2D eigenvalue weighted by Gasteiger charge is 2.59. The number of rotatable bonds is 30. The van der Waals surface area contributed by atoms with E-state index >= 15 is 4.79 Å². The first-order valence-electron chi connectivity index (χ1n) is 34.9. The second-order valence-electron chi connectivity index (χ2n) is 27.3. The normalized spacial score (nSPS) is 24.1. The number of ether oxygens (including phenoxy) is 13. The van der Waals surface area contributed by atoms with Gasteiger partial charge in [-0.2, -0.15) is 0 Å². The molecule has 0 spiro atoms. The summed E-state index contributed by atoms with van der Waals surface area (Å²) >= 11 is 0. The molecule has 7 aromatic carbocycles. The number of ketones is 1. The van der Waals surface area contributed by atoms with Gasteiger partial charge in [-0.05, 0) is 90.6 Å². The molecule has 10 rings (SSSR count). The molecule has 3 fully saturated rings. The van der Waals surface area contributed by atoms with Crippen molar-refractivity contribution in [1.29, 1.82) is 0 Å². The van der Waals surface area contributed by atoms with Crippen molar-refractivity contribution < 1.29 is 99.6 Å². The third-order valence-corrected chi connectivity index (χ3v) is 23.1. The summed E-state index contributed by atoms with van der Waals surface area (Å²) < 4.78 is 95.2. The molecule has 0 saturated carbocycles. The minimum atomic E-state index is -2.88. The first-order valence-corrected chi connectivity index (χ1v) is 37.8. The number of amides is 1. The van der Waals surface area contributed by atoms with Crippen molar-refractivity contribution in [2.45, 2.75) is 185 Å². The van der Waals surface area contributed by atoms with Crippen LogP contribution in [0.1, 0.15) is 108 Å². The molecular weight excluding hydrogens is 1350 g/mol. The first-order chi connectivity index (χ1) is 50.1. The molecule has 3 heterocycles. The SMILES string of the molecule is CC(=O)CCC(=O)OC1C(OC(=O)c2ccccc2)C(COC(=O)c2ccccc2)OC(O[C@H]2[C@H](O[C@@H]3O[C@@H](C)[C@@H](OCc4ccccc4)[C@@H](OCc4ccccc4)[C@@H]3OCc3ccccc3)[C@@H](CO[Si](C)(C)C(C)(C)C)N(C(=O)OCc3ccccc3)C[C@@H]2OC(C)=O)C1OC(=O)c1ccccc1. The van der Waals surface area contributed by atoms with E-state index in [9.17, 15) is 28.8 Å². The van der Waals surface area contributed by atoms with Gasteiger partial charge in [0.1, 0.15) is 61.7 Å². The first kappa shape index (κ1) is 77.3. The maximum absolute atomic E-state index is 15.5. The standard InChI is InChI=1S/C81H91NO21Si/c1-53(83)44-45-66(85)99-72-70(100-76(87)61-40-26-14-27-41-61)65(52-93-75(86)60-38-24-13-25-39-60)98-79(74(72)101-77(88)62-42-28-15-29-43-62)103-69-64(97-55(3)84)46-82(80(89)94-50-59-36-22-12-23-37-59)63(51-95-104(7,8)81(4,5)6)68(69)102-78-73(92-49-58-34-20-11-21-35-58)71(91-48-57-32-18-10-19-33-57)67(54(2)96-78)90-47-56-30-16-9-17-31-56/h9-43,54,63-65,67-74,78-79H,44-52H2,1-8H3/t54-,63+,64-,65?,67+,68+,69+,70?,71+,72?,73-,74?,78-,79?/m0/s1. The number of likely N-dealkylation sites (tertiary alicyclic amines) is 1. The van der Waals surface area contributed by atoms with E-state index in [0.717, 1.165) is 16.7 Å². The van der Waals surface area contributed by atoms with Crippen molar-refractivity contribution in [2.24, 2.45) is 0 Å². The summed E-state index contributed by atoms with van der Waals surface area (Å²) in [4.78, 5) is 102. The molecule has 14 atom stereocenters. The molecule has 22 nitrogen and oxygen atoms in total. The van der Waals surface area contributed by atoms with Crippen LogP contribution >= 0.6 is 0 Å². The van der Waals surface area contributed by atoms with Crippen molar-refractivity contribution >= 4 is 50.0 Å². The van der Waals surface area contributed by atoms with Gasteiger partial charge in [-0.15, -0.1) is 0 Å². The summed E-state index contributed by atoms with van der Waals surface area (Å²) in [5.74, 6) is -5.01. The zero-order valence-electron chi connectivity index (χ0n) is 59.7. The molecule has 3 saturated heterocycles. The van der Waals surface area contributed by atoms with E-state index in [2.05, 4.69) is 20.8 Å². The van der Waals surface area contributed by atoms with E-state index in [1.165, 1.54) is 55.1 Å². The van der Waals surface area contributed by atoms with Crippen molar-refractivity contribution in [3.05, 3.63) is 251 Å². The van der Waals surface area contributed by atoms with Crippen molar-refractivity contribution in [3.8, 4) is 0 Å². The number of carbonyl (C=O) groups excluding carboxylic acids is 7. The summed E-state index contributed by atoms with van der Waals surface area (Å²) in [7, 11) is -2.88. The number of nitrogens with zero attached hydrogens (tertiary/aromatic N) is 1. The molecule has 104 heavy (non-hydrogen) atoms. The van der Waals surface area contributed by atoms with Crippen LogP contribution in [-0.2, 0) is 107 Å². The summed E-state index contributed by atoms with van der Waals surface area (Å²) in [6, 6.07) is 60.0. The Kier molecular flexibility index (Phi) is 27.5. The van der Waals surface area contributed by atoms with Crippen LogP contribution in [0.5, 0.6) is 0 Å². The highest BCUT2D eigenvalue weighted by molar-refractivity contribution is 6.74. The molecule has 3 aliphatic heterocycles. The molecule has 0 aromatic heterocycles. The molecule has 0 N–H and O–H groups in total. The molecular formula is C81H91NO21Si. The van der Waals surface area contributed by atoms with Gasteiger partial charge in [0.2, 0.25) is 0 Å². The Labute approximate surface area is 607 Å². The molecule has 3 aliphatic rings. The van der Waals surface area contributed by atoms with Gasteiger partial charge in [0.15, 0.2) is 39.2 Å². The van der Waals surface area contributed by atoms with E-state index in [0.29, 0.717) is 5.56 Å². The van der Waals surface area contributed by atoms with E-state index in [1.807, 2.05) is 117 Å². The lowest BCUT2D eigenvalue weighted by Gasteiger charge is -2.52. The van der Waals surface area contributed by atoms with Crippen molar-refractivity contribution in [2.75, 3.05) is 19.8 Å². The van der Waals surface area contributed by atoms with Gasteiger partial charge in [-0.25, -0.2) is 19.2 Å². The molecule has 0 bridgehead atoms. The predicted octanol–water partition coefficient (Wildman–Crippen LogP) is 12.5. The second-order valence-corrected chi connectivity index (χ2v) is 32.1. The molecule has 0 radical (unpaired) electrons. The molecule has 550 valence electrons. The highest BCUT2D eigenvalue weighted by atomic mass is 28.4. The molecule has 0 aliphatic carbocycles. The lowest BCUT2D eigenvalue weighted by Crippen LogP contribution is -2.71. The Morgan fingerprint density at radius 1 is 0.442 bits per heavy atom. The van der Waals surface area contributed by atoms with E-state index in [4.69, 9.17) is 66.0 Å². The zero-order chi connectivity index (χ0) is 73.8. The molecule has 1 amide bonds. The zero-order valence-corrected chi connectivity index (χ0v) is 60.7. The van der Waals surface area contributed by atoms with Gasteiger partial charge in [0, 0.05) is 13.3 Å². The number of piperidine rings is 1. The Morgan fingerprint density at radius 2 is 0.875 bits per heavy atom. The van der Waals surface area contributed by atoms with Crippen LogP contribution in [0.3, 0.4) is 0 Å². The Morgan fingerprint density at radius 3 is 1.36 bits per heavy atom. The summed E-state index contributed by atoms with van der Waals surface area (Å²) in [5, 5.41) is -0.425. The second kappa shape index (κ2) is 36.9. The monoisotopic (exact) mass is 1440 g/mol. The minimum Gasteiger partial charge on any atom is -0.459 e. The van der Waals surface area contributed by atoms with Crippen LogP contribution in [-0.4, -0.2) is 160 Å². The van der Waals surface area contributed by atoms with Gasteiger partial charge < -0.3 is 70.8 Å². The lowest BCUT2D eigenvalue weighted by molar-refractivity contribution is -0.361. The third-order valence-electron chi connectivity index (χ3n) is 18.6. The smallest absolute Gasteiger partial charge is 0.410 e. The number of Topliss-reactive ketones (excluding diaryl/α,β-unsaturated/α-hetero) is 1. The van der Waals surface area contributed by atoms with E-state index in [1.54, 1.807) is 78.9 Å². The average Bonchev–Trinajstić information content (AvgIpc) is 0.759. The van der Waals surface area contributed by atoms with Crippen LogP contribution in [0, 0.1) is 0 Å². The van der Waals surface area contributed by atoms with Gasteiger partial charge in [-0.1, -0.05) is 197 Å². The van der Waals surface area contributed by atoms with Gasteiger partial charge in [-0.3, -0.25) is 14.5 Å². The number of benzene rings is 7. The summed E-state index contributed by atoms with van der Waals surface area (Å²) in [6.45, 7) is 13.0. The average molecular weight is 1440 g/mol. The van der Waals surface area contributed by atoms with Crippen LogP contribution in [0.2, 0.25) is 18.1 Å². The quantitative estimate of drug-likeness (QED) is 0.0230.